The van der Waals surface area contributed by atoms with Crippen LogP contribution in [0.15, 0.2) is 42.5 Å². The van der Waals surface area contributed by atoms with Gasteiger partial charge < -0.3 is 14.7 Å². The van der Waals surface area contributed by atoms with E-state index in [0.29, 0.717) is 11.5 Å². The van der Waals surface area contributed by atoms with Gasteiger partial charge in [-0.05, 0) is 40.7 Å². The lowest BCUT2D eigenvalue weighted by Crippen LogP contribution is -2.38. The lowest BCUT2D eigenvalue weighted by molar-refractivity contribution is -0.306. The summed E-state index contributed by atoms with van der Waals surface area (Å²) in [6.45, 7) is 0. The van der Waals surface area contributed by atoms with Gasteiger partial charge in [-0.15, -0.1) is 0 Å². The Morgan fingerprint density at radius 3 is 2.68 bits per heavy atom. The van der Waals surface area contributed by atoms with Crippen LogP contribution in [-0.2, 0) is 27.3 Å². The molecule has 0 bridgehead atoms. The number of carbonyl (C=O) groups excluding carboxylic acids is 3. The van der Waals surface area contributed by atoms with E-state index in [2.05, 4.69) is 23.0 Å². The van der Waals surface area contributed by atoms with Crippen molar-refractivity contribution in [3.8, 4) is 11.1 Å². The zero-order chi connectivity index (χ0) is 17.6. The van der Waals surface area contributed by atoms with Gasteiger partial charge in [-0.3, -0.25) is 9.59 Å². The molecule has 1 saturated heterocycles. The van der Waals surface area contributed by atoms with Crippen LogP contribution in [0.4, 0.5) is 4.79 Å². The number of fused-ring (bicyclic) bond motifs is 3. The number of rotatable bonds is 3. The highest BCUT2D eigenvalue weighted by atomic mass is 16.8. The van der Waals surface area contributed by atoms with E-state index in [9.17, 15) is 19.5 Å². The van der Waals surface area contributed by atoms with Crippen molar-refractivity contribution in [1.82, 2.24) is 5.06 Å². The molecule has 1 unspecified atom stereocenters. The summed E-state index contributed by atoms with van der Waals surface area (Å²) in [5.41, 5.74) is 5.72. The number of hydrogen-bond acceptors (Lipinski definition) is 5. The summed E-state index contributed by atoms with van der Waals surface area (Å²) in [4.78, 5) is 38.8. The molecule has 0 saturated carbocycles. The molecule has 4 rings (SSSR count). The van der Waals surface area contributed by atoms with Crippen LogP contribution in [0.5, 0.6) is 0 Å². The molecule has 2 aromatic rings. The molecule has 0 spiro atoms. The summed E-state index contributed by atoms with van der Waals surface area (Å²) in [5, 5.41) is 10.8. The molecule has 6 nitrogen and oxygen atoms in total. The molecule has 2 amide bonds. The Kier molecular flexibility index (Phi) is 3.53. The van der Waals surface area contributed by atoms with Gasteiger partial charge in [0.05, 0.1) is 5.92 Å². The van der Waals surface area contributed by atoms with Gasteiger partial charge in [-0.1, -0.05) is 42.5 Å². The predicted octanol–water partition coefficient (Wildman–Crippen LogP) is 1.45. The van der Waals surface area contributed by atoms with Crippen molar-refractivity contribution in [2.24, 2.45) is 5.92 Å². The molecule has 126 valence electrons. The van der Waals surface area contributed by atoms with E-state index in [4.69, 9.17) is 0 Å². The third kappa shape index (κ3) is 2.55. The number of amides is 2. The zero-order valence-corrected chi connectivity index (χ0v) is 13.2. The fourth-order valence-electron chi connectivity index (χ4n) is 3.68. The first-order valence-corrected chi connectivity index (χ1v) is 7.99. The number of hydroxylamine groups is 2. The second kappa shape index (κ2) is 5.73. The second-order valence-corrected chi connectivity index (χ2v) is 6.25. The minimum absolute atomic E-state index is 0.0667. The lowest BCUT2D eigenvalue weighted by atomic mass is 9.92. The van der Waals surface area contributed by atoms with Gasteiger partial charge >= 0.3 is 0 Å². The highest BCUT2D eigenvalue weighted by molar-refractivity contribution is 6.03. The van der Waals surface area contributed by atoms with Crippen LogP contribution in [0.2, 0.25) is 0 Å². The first-order valence-electron chi connectivity index (χ1n) is 7.99. The predicted molar refractivity (Wildman–Crippen MR) is 84.8 cm³/mol. The Morgan fingerprint density at radius 1 is 1.12 bits per heavy atom. The number of benzene rings is 2. The molecule has 2 aromatic carbocycles. The molecular weight excluding hydrogens is 322 g/mol. The molecule has 0 N–H and O–H groups in total. The summed E-state index contributed by atoms with van der Waals surface area (Å²) in [6, 6.07) is 14.1. The average molecular weight is 336 g/mol. The SMILES string of the molecule is O=C([O-])ON1C(=O)CC(Cc2cccc3c2Cc2ccccc2-3)C1=O. The van der Waals surface area contributed by atoms with Gasteiger partial charge in [0.1, 0.15) is 0 Å². The van der Waals surface area contributed by atoms with Crippen molar-refractivity contribution in [3.05, 3.63) is 59.2 Å². The quantitative estimate of drug-likeness (QED) is 0.676. The van der Waals surface area contributed by atoms with Crippen LogP contribution >= 0.6 is 0 Å². The molecule has 0 aromatic heterocycles. The minimum atomic E-state index is -1.92. The van der Waals surface area contributed by atoms with Crippen LogP contribution in [-0.4, -0.2) is 23.0 Å². The molecule has 1 heterocycles. The molecule has 6 heteroatoms. The fourth-order valence-corrected chi connectivity index (χ4v) is 3.68. The third-order valence-corrected chi connectivity index (χ3v) is 4.78. The van der Waals surface area contributed by atoms with E-state index in [1.807, 2.05) is 24.3 Å². The molecule has 1 atom stereocenters. The highest BCUT2D eigenvalue weighted by Crippen LogP contribution is 2.39. The van der Waals surface area contributed by atoms with Crippen molar-refractivity contribution < 1.29 is 24.3 Å². The van der Waals surface area contributed by atoms with Crippen LogP contribution in [0.3, 0.4) is 0 Å². The van der Waals surface area contributed by atoms with E-state index in [1.54, 1.807) is 0 Å². The maximum atomic E-state index is 12.3. The van der Waals surface area contributed by atoms with Crippen molar-refractivity contribution >= 4 is 18.0 Å². The standard InChI is InChI=1S/C19H15NO5/c21-17-10-13(18(22)20(17)25-19(23)24)8-11-5-3-7-15-14-6-2-1-4-12(14)9-16(11)15/h1-7,13H,8-10H2,(H,23,24)/p-1. The number of carboxylic acid groups (broad SMARTS) is 1. The Hall–Kier alpha value is -3.15. The lowest BCUT2D eigenvalue weighted by Gasteiger charge is -2.18. The third-order valence-electron chi connectivity index (χ3n) is 4.78. The second-order valence-electron chi connectivity index (χ2n) is 6.25. The Morgan fingerprint density at radius 2 is 1.88 bits per heavy atom. The maximum absolute atomic E-state index is 12.3. The molecule has 0 radical (unpaired) electrons. The van der Waals surface area contributed by atoms with Gasteiger partial charge in [0, 0.05) is 6.42 Å². The Bertz CT molecular complexity index is 904. The van der Waals surface area contributed by atoms with E-state index in [-0.39, 0.29) is 6.42 Å². The highest BCUT2D eigenvalue weighted by Gasteiger charge is 2.39. The number of carbonyl (C=O) groups is 3. The van der Waals surface area contributed by atoms with Crippen molar-refractivity contribution in [2.45, 2.75) is 19.3 Å². The van der Waals surface area contributed by atoms with E-state index in [0.717, 1.165) is 23.1 Å². The van der Waals surface area contributed by atoms with Crippen LogP contribution in [0.25, 0.3) is 11.1 Å². The van der Waals surface area contributed by atoms with Crippen molar-refractivity contribution in [1.29, 1.82) is 0 Å². The minimum Gasteiger partial charge on any atom is -0.430 e. The fraction of sp³-hybridized carbons (Fsp3) is 0.211. The molecule has 1 aliphatic heterocycles. The summed E-state index contributed by atoms with van der Waals surface area (Å²) < 4.78 is 0. The van der Waals surface area contributed by atoms with Gasteiger partial charge in [0.25, 0.3) is 12.1 Å². The topological polar surface area (TPSA) is 86.7 Å². The molecule has 25 heavy (non-hydrogen) atoms. The maximum Gasteiger partial charge on any atom is 0.273 e. The summed E-state index contributed by atoms with van der Waals surface area (Å²) in [7, 11) is 0. The normalized spacial score (nSPS) is 18.2. The average Bonchev–Trinajstić information content (AvgIpc) is 3.08. The van der Waals surface area contributed by atoms with E-state index < -0.39 is 23.9 Å². The number of hydrogen-bond donors (Lipinski definition) is 0. The molecule has 1 aliphatic carbocycles. The molecule has 1 fully saturated rings. The molecular formula is C19H14NO5-. The number of nitrogens with zero attached hydrogens (tertiary/aromatic N) is 1. The molecule has 2 aliphatic rings. The monoisotopic (exact) mass is 336 g/mol. The van der Waals surface area contributed by atoms with Gasteiger partial charge in [-0.25, -0.2) is 0 Å². The first kappa shape index (κ1) is 15.4. The number of imide groups is 1. The van der Waals surface area contributed by atoms with E-state index >= 15 is 0 Å². The van der Waals surface area contributed by atoms with Crippen molar-refractivity contribution in [2.75, 3.05) is 0 Å². The summed E-state index contributed by atoms with van der Waals surface area (Å²) in [6.07, 6.45) is -0.828. The Labute approximate surface area is 143 Å². The smallest absolute Gasteiger partial charge is 0.273 e. The van der Waals surface area contributed by atoms with Crippen LogP contribution in [0.1, 0.15) is 23.1 Å². The van der Waals surface area contributed by atoms with Gasteiger partial charge in [0.2, 0.25) is 5.91 Å². The zero-order valence-electron chi connectivity index (χ0n) is 13.2. The van der Waals surface area contributed by atoms with Crippen LogP contribution < -0.4 is 5.11 Å². The van der Waals surface area contributed by atoms with Crippen LogP contribution in [0, 0.1) is 5.92 Å². The van der Waals surface area contributed by atoms with Gasteiger partial charge in [0.15, 0.2) is 0 Å². The Balaban J connectivity index is 1.60. The van der Waals surface area contributed by atoms with E-state index in [1.165, 1.54) is 11.1 Å². The summed E-state index contributed by atoms with van der Waals surface area (Å²) >= 11 is 0. The van der Waals surface area contributed by atoms with Crippen molar-refractivity contribution in [3.63, 3.8) is 0 Å². The largest absolute Gasteiger partial charge is 0.430 e. The summed E-state index contributed by atoms with van der Waals surface area (Å²) in [5.74, 6) is -1.92. The first-order chi connectivity index (χ1) is 12.0. The van der Waals surface area contributed by atoms with Gasteiger partial charge in [-0.2, -0.15) is 5.06 Å².